The van der Waals surface area contributed by atoms with Crippen molar-refractivity contribution in [3.8, 4) is 0 Å². The number of likely N-dealkylation sites (tertiary alicyclic amines) is 1. The highest BCUT2D eigenvalue weighted by molar-refractivity contribution is 5.78. The van der Waals surface area contributed by atoms with Gasteiger partial charge in [0, 0.05) is 31.6 Å². The highest BCUT2D eigenvalue weighted by Crippen LogP contribution is 2.51. The second kappa shape index (κ2) is 6.52. The summed E-state index contributed by atoms with van der Waals surface area (Å²) in [4.78, 5) is 16.9. The van der Waals surface area contributed by atoms with E-state index < -0.39 is 0 Å². The Morgan fingerprint density at radius 2 is 2.12 bits per heavy atom. The van der Waals surface area contributed by atoms with Crippen molar-refractivity contribution in [1.29, 1.82) is 0 Å². The smallest absolute Gasteiger partial charge is 0.324 e. The predicted molar refractivity (Wildman–Crippen MR) is 101 cm³/mol. The minimum absolute atomic E-state index is 0.00999. The number of fused-ring (bicyclic) bond motifs is 2. The Hall–Kier alpha value is -1.75. The van der Waals surface area contributed by atoms with Gasteiger partial charge in [0.05, 0.1) is 5.69 Å². The van der Waals surface area contributed by atoms with Crippen molar-refractivity contribution < 1.29 is 4.79 Å². The molecule has 5 heteroatoms. The summed E-state index contributed by atoms with van der Waals surface area (Å²) in [7, 11) is 2.28. The fourth-order valence-corrected chi connectivity index (χ4v) is 5.20. The number of benzene rings is 1. The van der Waals surface area contributed by atoms with Crippen LogP contribution in [0.2, 0.25) is 0 Å². The zero-order valence-electron chi connectivity index (χ0n) is 15.7. The van der Waals surface area contributed by atoms with Crippen LogP contribution in [0.5, 0.6) is 0 Å². The van der Waals surface area contributed by atoms with Gasteiger partial charge in [-0.3, -0.25) is 5.01 Å². The van der Waals surface area contributed by atoms with Gasteiger partial charge in [-0.25, -0.2) is 10.2 Å². The second-order valence-corrected chi connectivity index (χ2v) is 7.71. The first kappa shape index (κ1) is 16.7. The summed E-state index contributed by atoms with van der Waals surface area (Å²) in [6.45, 7) is 7.64. The van der Waals surface area contributed by atoms with Crippen molar-refractivity contribution in [3.05, 3.63) is 29.3 Å². The van der Waals surface area contributed by atoms with E-state index in [1.165, 1.54) is 42.6 Å². The topological polar surface area (TPSA) is 38.8 Å². The van der Waals surface area contributed by atoms with E-state index in [1.54, 1.807) is 0 Å². The fourth-order valence-electron chi connectivity index (χ4n) is 5.20. The molecule has 0 bridgehead atoms. The summed E-state index contributed by atoms with van der Waals surface area (Å²) in [6.07, 6.45) is 3.79. The zero-order valence-corrected chi connectivity index (χ0v) is 15.7. The molecule has 2 aliphatic heterocycles. The molecule has 2 heterocycles. The number of nitrogens with zero attached hydrogens (tertiary/aromatic N) is 3. The fraction of sp³-hybridized carbons (Fsp3) is 0.650. The first-order valence-electron chi connectivity index (χ1n) is 9.80. The van der Waals surface area contributed by atoms with Gasteiger partial charge in [-0.2, -0.15) is 0 Å². The number of anilines is 1. The molecule has 1 unspecified atom stereocenters. The van der Waals surface area contributed by atoms with E-state index in [-0.39, 0.29) is 6.03 Å². The third kappa shape index (κ3) is 2.69. The monoisotopic (exact) mass is 342 g/mol. The molecule has 0 spiro atoms. The van der Waals surface area contributed by atoms with Gasteiger partial charge in [0.1, 0.15) is 0 Å². The van der Waals surface area contributed by atoms with Crippen LogP contribution in [0.15, 0.2) is 18.2 Å². The van der Waals surface area contributed by atoms with E-state index in [2.05, 4.69) is 40.6 Å². The Labute approximate surface area is 150 Å². The minimum Gasteiger partial charge on any atom is -0.324 e. The molecule has 1 fully saturated rings. The highest BCUT2D eigenvalue weighted by atomic mass is 16.2. The Morgan fingerprint density at radius 1 is 1.32 bits per heavy atom. The predicted octanol–water partition coefficient (Wildman–Crippen LogP) is 3.14. The van der Waals surface area contributed by atoms with Gasteiger partial charge in [0.25, 0.3) is 0 Å². The SMILES string of the molecule is CCN(CC)C(=O)NN1CC2C[C@@H]3[C@H](CCCN3C)c3cccc1c32. The van der Waals surface area contributed by atoms with E-state index in [1.807, 2.05) is 18.7 Å². The Morgan fingerprint density at radius 3 is 2.88 bits per heavy atom. The number of hydrazine groups is 1. The van der Waals surface area contributed by atoms with Gasteiger partial charge in [0.2, 0.25) is 0 Å². The third-order valence-corrected chi connectivity index (χ3v) is 6.48. The number of carbonyl (C=O) groups is 1. The highest BCUT2D eigenvalue weighted by Gasteiger charge is 2.44. The van der Waals surface area contributed by atoms with E-state index >= 15 is 0 Å². The quantitative estimate of drug-likeness (QED) is 0.917. The van der Waals surface area contributed by atoms with Crippen LogP contribution in [0, 0.1) is 0 Å². The van der Waals surface area contributed by atoms with Crippen LogP contribution < -0.4 is 10.4 Å². The van der Waals surface area contributed by atoms with E-state index in [9.17, 15) is 4.79 Å². The molecule has 0 saturated carbocycles. The van der Waals surface area contributed by atoms with Crippen molar-refractivity contribution >= 4 is 11.7 Å². The molecule has 5 nitrogen and oxygen atoms in total. The number of piperidine rings is 1. The number of rotatable bonds is 3. The first-order valence-corrected chi connectivity index (χ1v) is 9.80. The Bertz CT molecular complexity index is 657. The molecule has 1 aliphatic carbocycles. The lowest BCUT2D eigenvalue weighted by Crippen LogP contribution is -2.49. The maximum Gasteiger partial charge on any atom is 0.336 e. The molecular formula is C20H30N4O. The molecular weight excluding hydrogens is 312 g/mol. The largest absolute Gasteiger partial charge is 0.336 e. The van der Waals surface area contributed by atoms with Crippen LogP contribution in [0.25, 0.3) is 0 Å². The maximum atomic E-state index is 12.5. The summed E-state index contributed by atoms with van der Waals surface area (Å²) in [5.41, 5.74) is 7.40. The summed E-state index contributed by atoms with van der Waals surface area (Å²) in [5, 5.41) is 2.10. The molecule has 2 amide bonds. The van der Waals surface area contributed by atoms with Gasteiger partial charge >= 0.3 is 6.03 Å². The molecule has 1 aromatic rings. The summed E-state index contributed by atoms with van der Waals surface area (Å²) in [6, 6.07) is 7.34. The minimum atomic E-state index is 0.00999. The maximum absolute atomic E-state index is 12.5. The average molecular weight is 342 g/mol. The molecule has 25 heavy (non-hydrogen) atoms. The number of hydrogen-bond acceptors (Lipinski definition) is 3. The number of hydrogen-bond donors (Lipinski definition) is 1. The number of amides is 2. The van der Waals surface area contributed by atoms with Crippen LogP contribution in [0.1, 0.15) is 56.1 Å². The molecule has 0 aromatic heterocycles. The summed E-state index contributed by atoms with van der Waals surface area (Å²) >= 11 is 0. The van der Waals surface area contributed by atoms with Gasteiger partial charge in [-0.15, -0.1) is 0 Å². The molecule has 1 N–H and O–H groups in total. The van der Waals surface area contributed by atoms with Crippen molar-refractivity contribution in [2.75, 3.05) is 38.2 Å². The van der Waals surface area contributed by atoms with Crippen molar-refractivity contribution in [3.63, 3.8) is 0 Å². The Kier molecular flexibility index (Phi) is 4.36. The molecule has 3 atom stereocenters. The number of urea groups is 1. The molecule has 0 radical (unpaired) electrons. The van der Waals surface area contributed by atoms with Gasteiger partial charge in [-0.1, -0.05) is 12.1 Å². The molecule has 3 aliphatic rings. The van der Waals surface area contributed by atoms with Crippen LogP contribution in [-0.4, -0.2) is 55.1 Å². The van der Waals surface area contributed by atoms with Crippen molar-refractivity contribution in [2.45, 2.75) is 51.0 Å². The number of nitrogens with one attached hydrogen (secondary N) is 1. The van der Waals surface area contributed by atoms with Crippen LogP contribution in [0.4, 0.5) is 10.5 Å². The number of carbonyl (C=O) groups excluding carboxylic acids is 1. The molecule has 1 saturated heterocycles. The van der Waals surface area contributed by atoms with Gasteiger partial charge in [0.15, 0.2) is 0 Å². The van der Waals surface area contributed by atoms with Crippen LogP contribution in [0.3, 0.4) is 0 Å². The van der Waals surface area contributed by atoms with E-state index in [0.717, 1.165) is 19.6 Å². The summed E-state index contributed by atoms with van der Waals surface area (Å²) in [5.74, 6) is 1.19. The molecule has 1 aromatic carbocycles. The van der Waals surface area contributed by atoms with E-state index in [0.29, 0.717) is 17.9 Å². The first-order chi connectivity index (χ1) is 12.1. The van der Waals surface area contributed by atoms with Crippen LogP contribution >= 0.6 is 0 Å². The zero-order chi connectivity index (χ0) is 17.6. The van der Waals surface area contributed by atoms with Gasteiger partial charge in [-0.05, 0) is 69.8 Å². The molecule has 136 valence electrons. The average Bonchev–Trinajstić information content (AvgIpc) is 2.96. The third-order valence-electron chi connectivity index (χ3n) is 6.48. The lowest BCUT2D eigenvalue weighted by Gasteiger charge is -2.44. The second-order valence-electron chi connectivity index (χ2n) is 7.71. The van der Waals surface area contributed by atoms with Crippen molar-refractivity contribution in [2.24, 2.45) is 0 Å². The van der Waals surface area contributed by atoms with Crippen molar-refractivity contribution in [1.82, 2.24) is 15.2 Å². The normalized spacial score (nSPS) is 27.6. The lowest BCUT2D eigenvalue weighted by molar-refractivity contribution is 0.136. The van der Waals surface area contributed by atoms with Crippen LogP contribution in [-0.2, 0) is 0 Å². The van der Waals surface area contributed by atoms with Gasteiger partial charge < -0.3 is 9.80 Å². The standard InChI is InChI=1S/C20H30N4O/c1-4-23(5-2)20(25)21-24-13-14-12-18-15(9-7-11-22(18)3)16-8-6-10-17(24)19(14)16/h6,8,10,14-15,18H,4-5,7,9,11-13H2,1-3H3,(H,21,25)/t14?,15-,18-/m1/s1. The number of likely N-dealkylation sites (N-methyl/N-ethyl adjacent to an activating group) is 1. The van der Waals surface area contributed by atoms with E-state index in [4.69, 9.17) is 0 Å². The lowest BCUT2D eigenvalue weighted by atomic mass is 9.71. The molecule has 4 rings (SSSR count). The Balaban J connectivity index is 1.62. The summed E-state index contributed by atoms with van der Waals surface area (Å²) < 4.78 is 0.